The lowest BCUT2D eigenvalue weighted by Gasteiger charge is -2.19. The second-order valence-electron chi connectivity index (χ2n) is 5.07. The Kier molecular flexibility index (Phi) is 3.71. The summed E-state index contributed by atoms with van der Waals surface area (Å²) in [4.78, 5) is 0. The smallest absolute Gasteiger partial charge is 0.137 e. The van der Waals surface area contributed by atoms with Crippen LogP contribution < -0.4 is 5.32 Å². The standard InChI is InChI=1S/C15H20FNO/c1-5-17-14(9(2)3)13-8-11-7-12(16)6-10(4)15(11)18-13/h6-9,14,17H,5H2,1-4H3. The van der Waals surface area contributed by atoms with Crippen molar-refractivity contribution >= 4 is 11.0 Å². The third kappa shape index (κ3) is 2.41. The van der Waals surface area contributed by atoms with E-state index >= 15 is 0 Å². The topological polar surface area (TPSA) is 25.2 Å². The zero-order valence-electron chi connectivity index (χ0n) is 11.4. The molecule has 1 N–H and O–H groups in total. The van der Waals surface area contributed by atoms with Gasteiger partial charge in [0.05, 0.1) is 6.04 Å². The summed E-state index contributed by atoms with van der Waals surface area (Å²) in [5.41, 5.74) is 1.63. The lowest BCUT2D eigenvalue weighted by molar-refractivity contribution is 0.356. The second kappa shape index (κ2) is 5.11. The van der Waals surface area contributed by atoms with Crippen LogP contribution in [0.15, 0.2) is 22.6 Å². The Morgan fingerprint density at radius 3 is 2.61 bits per heavy atom. The van der Waals surface area contributed by atoms with Crippen LogP contribution in [0.25, 0.3) is 11.0 Å². The molecule has 0 saturated heterocycles. The van der Waals surface area contributed by atoms with E-state index in [9.17, 15) is 4.39 Å². The van der Waals surface area contributed by atoms with E-state index in [0.717, 1.165) is 28.8 Å². The molecule has 1 heterocycles. The summed E-state index contributed by atoms with van der Waals surface area (Å²) in [5, 5.41) is 4.24. The van der Waals surface area contributed by atoms with E-state index in [1.165, 1.54) is 12.1 Å². The normalized spacial score (nSPS) is 13.4. The van der Waals surface area contributed by atoms with E-state index in [-0.39, 0.29) is 11.9 Å². The average Bonchev–Trinajstić information content (AvgIpc) is 2.68. The van der Waals surface area contributed by atoms with Crippen molar-refractivity contribution < 1.29 is 8.81 Å². The number of furan rings is 1. The molecule has 0 aliphatic rings. The molecule has 0 radical (unpaired) electrons. The molecule has 0 aliphatic carbocycles. The molecular weight excluding hydrogens is 229 g/mol. The van der Waals surface area contributed by atoms with E-state index in [0.29, 0.717) is 5.92 Å². The van der Waals surface area contributed by atoms with Gasteiger partial charge in [0.2, 0.25) is 0 Å². The van der Waals surface area contributed by atoms with Gasteiger partial charge in [0.1, 0.15) is 17.2 Å². The molecular formula is C15H20FNO. The van der Waals surface area contributed by atoms with Crippen molar-refractivity contribution in [3.63, 3.8) is 0 Å². The van der Waals surface area contributed by atoms with Gasteiger partial charge >= 0.3 is 0 Å². The Morgan fingerprint density at radius 2 is 2.00 bits per heavy atom. The van der Waals surface area contributed by atoms with Gasteiger partial charge in [-0.05, 0) is 43.1 Å². The van der Waals surface area contributed by atoms with Gasteiger partial charge in [-0.2, -0.15) is 0 Å². The third-order valence-corrected chi connectivity index (χ3v) is 3.18. The molecule has 1 atom stereocenters. The first-order valence-corrected chi connectivity index (χ1v) is 6.46. The lowest BCUT2D eigenvalue weighted by atomic mass is 10.0. The predicted molar refractivity (Wildman–Crippen MR) is 72.2 cm³/mol. The van der Waals surface area contributed by atoms with E-state index in [1.54, 1.807) is 0 Å². The first-order valence-electron chi connectivity index (χ1n) is 6.46. The van der Waals surface area contributed by atoms with Gasteiger partial charge in [0, 0.05) is 5.39 Å². The molecule has 1 aromatic carbocycles. The van der Waals surface area contributed by atoms with Gasteiger partial charge in [-0.3, -0.25) is 0 Å². The number of fused-ring (bicyclic) bond motifs is 1. The van der Waals surface area contributed by atoms with Gasteiger partial charge in [0.15, 0.2) is 0 Å². The molecule has 0 spiro atoms. The first kappa shape index (κ1) is 13.1. The van der Waals surface area contributed by atoms with Crippen LogP contribution in [0.4, 0.5) is 4.39 Å². The summed E-state index contributed by atoms with van der Waals surface area (Å²) in [5.74, 6) is 1.10. The van der Waals surface area contributed by atoms with Crippen molar-refractivity contribution in [1.82, 2.24) is 5.32 Å². The van der Waals surface area contributed by atoms with E-state index < -0.39 is 0 Å². The number of benzene rings is 1. The highest BCUT2D eigenvalue weighted by Gasteiger charge is 2.19. The van der Waals surface area contributed by atoms with Crippen LogP contribution in [0.2, 0.25) is 0 Å². The highest BCUT2D eigenvalue weighted by molar-refractivity contribution is 5.81. The average molecular weight is 249 g/mol. The number of aryl methyl sites for hydroxylation is 1. The minimum Gasteiger partial charge on any atom is -0.459 e. The Labute approximate surface area is 107 Å². The highest BCUT2D eigenvalue weighted by atomic mass is 19.1. The summed E-state index contributed by atoms with van der Waals surface area (Å²) in [6.45, 7) is 9.12. The fourth-order valence-electron chi connectivity index (χ4n) is 2.34. The van der Waals surface area contributed by atoms with Gasteiger partial charge < -0.3 is 9.73 Å². The van der Waals surface area contributed by atoms with Crippen molar-refractivity contribution in [2.45, 2.75) is 33.7 Å². The van der Waals surface area contributed by atoms with Crippen molar-refractivity contribution in [3.05, 3.63) is 35.3 Å². The SMILES string of the molecule is CCNC(c1cc2cc(F)cc(C)c2o1)C(C)C. The molecule has 2 nitrogen and oxygen atoms in total. The lowest BCUT2D eigenvalue weighted by Crippen LogP contribution is -2.24. The molecule has 2 aromatic rings. The van der Waals surface area contributed by atoms with Gasteiger partial charge in [-0.15, -0.1) is 0 Å². The fourth-order valence-corrected chi connectivity index (χ4v) is 2.34. The van der Waals surface area contributed by atoms with Crippen LogP contribution in [0.3, 0.4) is 0 Å². The molecule has 1 aromatic heterocycles. The maximum absolute atomic E-state index is 13.4. The van der Waals surface area contributed by atoms with Crippen molar-refractivity contribution in [3.8, 4) is 0 Å². The maximum atomic E-state index is 13.4. The van der Waals surface area contributed by atoms with Crippen LogP contribution in [0.5, 0.6) is 0 Å². The van der Waals surface area contributed by atoms with Crippen molar-refractivity contribution in [2.75, 3.05) is 6.54 Å². The van der Waals surface area contributed by atoms with Crippen molar-refractivity contribution in [1.29, 1.82) is 0 Å². The number of hydrogen-bond acceptors (Lipinski definition) is 2. The third-order valence-electron chi connectivity index (χ3n) is 3.18. The van der Waals surface area contributed by atoms with Crippen LogP contribution in [0.1, 0.15) is 38.1 Å². The summed E-state index contributed by atoms with van der Waals surface area (Å²) >= 11 is 0. The molecule has 18 heavy (non-hydrogen) atoms. The molecule has 3 heteroatoms. The molecule has 2 rings (SSSR count). The van der Waals surface area contributed by atoms with Crippen LogP contribution in [0, 0.1) is 18.7 Å². The second-order valence-corrected chi connectivity index (χ2v) is 5.07. The van der Waals surface area contributed by atoms with Crippen LogP contribution in [-0.4, -0.2) is 6.54 Å². The Hall–Kier alpha value is -1.35. The molecule has 98 valence electrons. The van der Waals surface area contributed by atoms with Gasteiger partial charge in [0.25, 0.3) is 0 Å². The first-order chi connectivity index (χ1) is 8.52. The zero-order valence-corrected chi connectivity index (χ0v) is 11.4. The monoisotopic (exact) mass is 249 g/mol. The van der Waals surface area contributed by atoms with E-state index in [1.807, 2.05) is 13.0 Å². The Morgan fingerprint density at radius 1 is 1.28 bits per heavy atom. The minimum absolute atomic E-state index is 0.171. The number of rotatable bonds is 4. The zero-order chi connectivity index (χ0) is 13.3. The van der Waals surface area contributed by atoms with Crippen LogP contribution >= 0.6 is 0 Å². The fraction of sp³-hybridized carbons (Fsp3) is 0.467. The Bertz CT molecular complexity index is 545. The summed E-state index contributed by atoms with van der Waals surface area (Å²) in [6.07, 6.45) is 0. The molecule has 1 unspecified atom stereocenters. The molecule has 0 aliphatic heterocycles. The summed E-state index contributed by atoms with van der Waals surface area (Å²) in [7, 11) is 0. The van der Waals surface area contributed by atoms with E-state index in [2.05, 4.69) is 26.1 Å². The van der Waals surface area contributed by atoms with Crippen LogP contribution in [-0.2, 0) is 0 Å². The summed E-state index contributed by atoms with van der Waals surface area (Å²) < 4.78 is 19.3. The molecule has 0 amide bonds. The van der Waals surface area contributed by atoms with Gasteiger partial charge in [-0.25, -0.2) is 4.39 Å². The largest absolute Gasteiger partial charge is 0.459 e. The van der Waals surface area contributed by atoms with Crippen molar-refractivity contribution in [2.24, 2.45) is 5.92 Å². The van der Waals surface area contributed by atoms with Gasteiger partial charge in [-0.1, -0.05) is 20.8 Å². The molecule has 0 fully saturated rings. The predicted octanol–water partition coefficient (Wildman–Crippen LogP) is 4.19. The summed E-state index contributed by atoms with van der Waals surface area (Å²) in [6, 6.07) is 5.15. The minimum atomic E-state index is -0.211. The van der Waals surface area contributed by atoms with E-state index in [4.69, 9.17) is 4.42 Å². The number of halogens is 1. The molecule has 0 bridgehead atoms. The highest BCUT2D eigenvalue weighted by Crippen LogP contribution is 2.30. The quantitative estimate of drug-likeness (QED) is 0.879. The Balaban J connectivity index is 2.48. The molecule has 0 saturated carbocycles. The maximum Gasteiger partial charge on any atom is 0.137 e. The number of hydrogen-bond donors (Lipinski definition) is 1. The number of nitrogens with one attached hydrogen (secondary N) is 1.